The van der Waals surface area contributed by atoms with Gasteiger partial charge in [-0.1, -0.05) is 78.4 Å². The highest BCUT2D eigenvalue weighted by atomic mass is 16.5. The summed E-state index contributed by atoms with van der Waals surface area (Å²) in [5, 5.41) is 10.9. The van der Waals surface area contributed by atoms with Crippen LogP contribution in [0.3, 0.4) is 0 Å². The Kier molecular flexibility index (Phi) is 10.5. The van der Waals surface area contributed by atoms with Crippen LogP contribution in [-0.2, 0) is 22.3 Å². The molecule has 0 amide bonds. The van der Waals surface area contributed by atoms with Crippen LogP contribution in [0.5, 0.6) is 5.75 Å². The van der Waals surface area contributed by atoms with Crippen LogP contribution in [0.25, 0.3) is 0 Å². The lowest BCUT2D eigenvalue weighted by Crippen LogP contribution is -2.45. The Morgan fingerprint density at radius 1 is 0.800 bits per heavy atom. The molecular formula is C32H54O3. The van der Waals surface area contributed by atoms with Gasteiger partial charge in [-0.05, 0) is 87.8 Å². The van der Waals surface area contributed by atoms with Gasteiger partial charge in [-0.25, -0.2) is 0 Å². The van der Waals surface area contributed by atoms with Crippen LogP contribution in [0.4, 0.5) is 0 Å². The third-order valence-corrected chi connectivity index (χ3v) is 9.59. The van der Waals surface area contributed by atoms with Crippen molar-refractivity contribution >= 4 is 0 Å². The number of ether oxygens (including phenoxy) is 2. The first-order valence-electron chi connectivity index (χ1n) is 15.0. The maximum absolute atomic E-state index is 10.9. The van der Waals surface area contributed by atoms with Gasteiger partial charge in [-0.3, -0.25) is 0 Å². The third kappa shape index (κ3) is 6.63. The predicted molar refractivity (Wildman–Crippen MR) is 147 cm³/mol. The van der Waals surface area contributed by atoms with E-state index in [0.29, 0.717) is 17.6 Å². The molecule has 0 saturated heterocycles. The van der Waals surface area contributed by atoms with Gasteiger partial charge >= 0.3 is 0 Å². The average Bonchev–Trinajstić information content (AvgIpc) is 2.86. The SMILES string of the molecule is CCC1CCCCC1(CC)OC(C)Cc1cccc(O)c1CC(C)OC1(CC)CCCCC1CC. The normalized spacial score (nSPS) is 31.3. The summed E-state index contributed by atoms with van der Waals surface area (Å²) in [4.78, 5) is 0. The second-order valence-electron chi connectivity index (χ2n) is 11.7. The molecule has 1 aromatic carbocycles. The molecule has 3 rings (SSSR count). The molecule has 35 heavy (non-hydrogen) atoms. The van der Waals surface area contributed by atoms with Gasteiger partial charge in [0.2, 0.25) is 0 Å². The van der Waals surface area contributed by atoms with E-state index in [-0.39, 0.29) is 23.4 Å². The lowest BCUT2D eigenvalue weighted by Gasteiger charge is -2.45. The van der Waals surface area contributed by atoms with Crippen LogP contribution in [0.1, 0.15) is 130 Å². The molecular weight excluding hydrogens is 432 g/mol. The molecule has 0 aliphatic heterocycles. The van der Waals surface area contributed by atoms with E-state index in [1.54, 1.807) is 0 Å². The quantitative estimate of drug-likeness (QED) is 0.321. The molecule has 200 valence electrons. The number of hydrogen-bond donors (Lipinski definition) is 1. The Morgan fingerprint density at radius 3 is 1.80 bits per heavy atom. The fourth-order valence-corrected chi connectivity index (χ4v) is 7.65. The number of hydrogen-bond acceptors (Lipinski definition) is 3. The number of benzene rings is 1. The Balaban J connectivity index is 1.72. The van der Waals surface area contributed by atoms with E-state index in [1.807, 2.05) is 12.1 Å². The molecule has 3 heteroatoms. The lowest BCUT2D eigenvalue weighted by atomic mass is 9.72. The van der Waals surface area contributed by atoms with E-state index >= 15 is 0 Å². The van der Waals surface area contributed by atoms with Gasteiger partial charge in [0.05, 0.1) is 23.4 Å². The smallest absolute Gasteiger partial charge is 0.119 e. The largest absolute Gasteiger partial charge is 0.508 e. The van der Waals surface area contributed by atoms with Crippen molar-refractivity contribution in [2.45, 2.75) is 155 Å². The molecule has 2 saturated carbocycles. The number of rotatable bonds is 12. The molecule has 2 fully saturated rings. The van der Waals surface area contributed by atoms with Crippen molar-refractivity contribution in [3.05, 3.63) is 29.3 Å². The maximum Gasteiger partial charge on any atom is 0.119 e. The average molecular weight is 487 g/mol. The predicted octanol–water partition coefficient (Wildman–Crippen LogP) is 8.79. The standard InChI is InChI=1S/C32H54O3/c1-7-27-17-11-13-20-31(27,9-3)34-24(5)22-26-16-15-19-30(33)29(26)23-25(6)35-32(10-4)21-14-12-18-28(32)8-2/h15-16,19,24-25,27-28,33H,7-14,17-18,20-23H2,1-6H3. The van der Waals surface area contributed by atoms with Crippen molar-refractivity contribution < 1.29 is 14.6 Å². The molecule has 0 heterocycles. The molecule has 6 atom stereocenters. The second-order valence-corrected chi connectivity index (χ2v) is 11.7. The molecule has 0 spiro atoms. The Bertz CT molecular complexity index is 776. The molecule has 0 aromatic heterocycles. The van der Waals surface area contributed by atoms with Crippen molar-refractivity contribution in [1.82, 2.24) is 0 Å². The van der Waals surface area contributed by atoms with Crippen molar-refractivity contribution in [2.75, 3.05) is 0 Å². The first-order chi connectivity index (χ1) is 16.8. The van der Waals surface area contributed by atoms with E-state index < -0.39 is 0 Å². The molecule has 1 aromatic rings. The summed E-state index contributed by atoms with van der Waals surface area (Å²) in [7, 11) is 0. The van der Waals surface area contributed by atoms with Gasteiger partial charge in [0.25, 0.3) is 0 Å². The van der Waals surface area contributed by atoms with Crippen molar-refractivity contribution in [3.63, 3.8) is 0 Å². The van der Waals surface area contributed by atoms with Crippen LogP contribution in [0, 0.1) is 11.8 Å². The van der Waals surface area contributed by atoms with Gasteiger partial charge in [0.1, 0.15) is 5.75 Å². The van der Waals surface area contributed by atoms with Crippen LogP contribution in [0.15, 0.2) is 18.2 Å². The topological polar surface area (TPSA) is 38.7 Å². The van der Waals surface area contributed by atoms with E-state index in [1.165, 1.54) is 69.8 Å². The van der Waals surface area contributed by atoms with Crippen molar-refractivity contribution in [3.8, 4) is 5.75 Å². The zero-order valence-electron chi connectivity index (χ0n) is 23.7. The minimum atomic E-state index is -0.00294. The van der Waals surface area contributed by atoms with Gasteiger partial charge in [0.15, 0.2) is 0 Å². The summed E-state index contributed by atoms with van der Waals surface area (Å²) in [6.45, 7) is 13.7. The van der Waals surface area contributed by atoms with E-state index in [2.05, 4.69) is 47.6 Å². The third-order valence-electron chi connectivity index (χ3n) is 9.59. The van der Waals surface area contributed by atoms with Crippen LogP contribution < -0.4 is 0 Å². The first kappa shape index (κ1) is 28.5. The summed E-state index contributed by atoms with van der Waals surface area (Å²) in [6.07, 6.45) is 16.5. The van der Waals surface area contributed by atoms with E-state index in [4.69, 9.17) is 9.47 Å². The van der Waals surface area contributed by atoms with Crippen LogP contribution in [-0.4, -0.2) is 28.5 Å². The van der Waals surface area contributed by atoms with Crippen LogP contribution >= 0.6 is 0 Å². The molecule has 1 N–H and O–H groups in total. The molecule has 0 radical (unpaired) electrons. The molecule has 2 aliphatic rings. The summed E-state index contributed by atoms with van der Waals surface area (Å²) >= 11 is 0. The summed E-state index contributed by atoms with van der Waals surface area (Å²) in [5.41, 5.74) is 2.27. The highest BCUT2D eigenvalue weighted by Crippen LogP contribution is 2.44. The number of aromatic hydroxyl groups is 1. The summed E-state index contributed by atoms with van der Waals surface area (Å²) in [6, 6.07) is 6.01. The number of phenolic OH excluding ortho intramolecular Hbond substituents is 1. The Hall–Kier alpha value is -1.06. The maximum atomic E-state index is 10.9. The van der Waals surface area contributed by atoms with Gasteiger partial charge in [0, 0.05) is 6.42 Å². The molecule has 0 bridgehead atoms. The van der Waals surface area contributed by atoms with Gasteiger partial charge in [-0.2, -0.15) is 0 Å². The second kappa shape index (κ2) is 13.0. The van der Waals surface area contributed by atoms with E-state index in [0.717, 1.165) is 31.2 Å². The number of phenols is 1. The highest BCUT2D eigenvalue weighted by molar-refractivity contribution is 5.40. The lowest BCUT2D eigenvalue weighted by molar-refractivity contribution is -0.144. The minimum absolute atomic E-state index is 0.00294. The van der Waals surface area contributed by atoms with Crippen LogP contribution in [0.2, 0.25) is 0 Å². The highest BCUT2D eigenvalue weighted by Gasteiger charge is 2.41. The van der Waals surface area contributed by atoms with E-state index in [9.17, 15) is 5.11 Å². The summed E-state index contributed by atoms with van der Waals surface area (Å²) < 4.78 is 13.8. The Morgan fingerprint density at radius 2 is 1.31 bits per heavy atom. The minimum Gasteiger partial charge on any atom is -0.508 e. The zero-order chi connectivity index (χ0) is 25.5. The molecule has 6 unspecified atom stereocenters. The first-order valence-corrected chi connectivity index (χ1v) is 15.0. The Labute approximate surface area is 216 Å². The monoisotopic (exact) mass is 486 g/mol. The van der Waals surface area contributed by atoms with Crippen molar-refractivity contribution in [1.29, 1.82) is 0 Å². The summed E-state index contributed by atoms with van der Waals surface area (Å²) in [5.74, 6) is 1.71. The molecule has 2 aliphatic carbocycles. The van der Waals surface area contributed by atoms with Crippen molar-refractivity contribution in [2.24, 2.45) is 11.8 Å². The van der Waals surface area contributed by atoms with Gasteiger partial charge < -0.3 is 14.6 Å². The molecule has 3 nitrogen and oxygen atoms in total. The fraction of sp³-hybridized carbons (Fsp3) is 0.812. The zero-order valence-corrected chi connectivity index (χ0v) is 23.7. The van der Waals surface area contributed by atoms with Gasteiger partial charge in [-0.15, -0.1) is 0 Å². The fourth-order valence-electron chi connectivity index (χ4n) is 7.65.